The monoisotopic (exact) mass is 208 g/mol. The number of nitrogens with zero attached hydrogens (tertiary/aromatic N) is 3. The van der Waals surface area contributed by atoms with Crippen LogP contribution in [0.25, 0.3) is 0 Å². The Bertz CT molecular complexity index is 344. The topological polar surface area (TPSA) is 64.3 Å². The van der Waals surface area contributed by atoms with E-state index in [1.807, 2.05) is 7.05 Å². The molecule has 1 aromatic rings. The minimum atomic E-state index is 0.242. The fourth-order valence-corrected chi connectivity index (χ4v) is 1.95. The summed E-state index contributed by atoms with van der Waals surface area (Å²) in [5.41, 5.74) is 5.62. The molecule has 15 heavy (non-hydrogen) atoms. The highest BCUT2D eigenvalue weighted by molar-refractivity contribution is 5.46. The Balaban J connectivity index is 2.16. The van der Waals surface area contributed by atoms with Crippen molar-refractivity contribution in [3.05, 3.63) is 12.4 Å². The standard InChI is InChI=1S/C10H16N4O/c1-7-8(3-4-15-7)14(2)10-5-9(11)12-6-13-10/h5-8H,3-4H2,1-2H3,(H2,11,12,13). The number of ether oxygens (including phenoxy) is 1. The van der Waals surface area contributed by atoms with Crippen LogP contribution in [-0.4, -0.2) is 35.8 Å². The maximum Gasteiger partial charge on any atom is 0.134 e. The van der Waals surface area contributed by atoms with E-state index in [1.54, 1.807) is 6.07 Å². The molecular formula is C10H16N4O. The number of hydrogen-bond donors (Lipinski definition) is 1. The molecule has 0 amide bonds. The van der Waals surface area contributed by atoms with Crippen LogP contribution < -0.4 is 10.6 Å². The normalized spacial score (nSPS) is 25.5. The molecule has 1 aliphatic rings. The van der Waals surface area contributed by atoms with Gasteiger partial charge in [0, 0.05) is 19.7 Å². The van der Waals surface area contributed by atoms with Crippen molar-refractivity contribution < 1.29 is 4.74 Å². The van der Waals surface area contributed by atoms with Crippen molar-refractivity contribution in [1.82, 2.24) is 9.97 Å². The maximum atomic E-state index is 5.62. The van der Waals surface area contributed by atoms with Gasteiger partial charge in [-0.15, -0.1) is 0 Å². The molecule has 0 aromatic carbocycles. The van der Waals surface area contributed by atoms with Gasteiger partial charge in [0.25, 0.3) is 0 Å². The Morgan fingerprint density at radius 1 is 1.53 bits per heavy atom. The predicted octanol–water partition coefficient (Wildman–Crippen LogP) is 0.672. The lowest BCUT2D eigenvalue weighted by Gasteiger charge is -2.27. The third kappa shape index (κ3) is 2.02. The summed E-state index contributed by atoms with van der Waals surface area (Å²) >= 11 is 0. The molecule has 2 rings (SSSR count). The molecule has 0 spiro atoms. The van der Waals surface area contributed by atoms with E-state index in [0.717, 1.165) is 18.8 Å². The van der Waals surface area contributed by atoms with E-state index < -0.39 is 0 Å². The Morgan fingerprint density at radius 3 is 2.93 bits per heavy atom. The molecule has 0 aliphatic carbocycles. The third-order valence-electron chi connectivity index (χ3n) is 2.87. The van der Waals surface area contributed by atoms with Crippen LogP contribution in [0.5, 0.6) is 0 Å². The first-order valence-electron chi connectivity index (χ1n) is 5.10. The van der Waals surface area contributed by atoms with E-state index in [-0.39, 0.29) is 6.10 Å². The highest BCUT2D eigenvalue weighted by Crippen LogP contribution is 2.22. The summed E-state index contributed by atoms with van der Waals surface area (Å²) in [7, 11) is 2.01. The van der Waals surface area contributed by atoms with Crippen LogP contribution in [0, 0.1) is 0 Å². The molecule has 1 fully saturated rings. The zero-order valence-electron chi connectivity index (χ0n) is 9.05. The van der Waals surface area contributed by atoms with Gasteiger partial charge in [0.1, 0.15) is 18.0 Å². The van der Waals surface area contributed by atoms with Crippen LogP contribution in [0.2, 0.25) is 0 Å². The molecule has 2 N–H and O–H groups in total. The van der Waals surface area contributed by atoms with Crippen molar-refractivity contribution in [1.29, 1.82) is 0 Å². The molecule has 2 atom stereocenters. The molecule has 2 unspecified atom stereocenters. The highest BCUT2D eigenvalue weighted by atomic mass is 16.5. The van der Waals surface area contributed by atoms with Crippen molar-refractivity contribution in [2.24, 2.45) is 0 Å². The van der Waals surface area contributed by atoms with Crippen molar-refractivity contribution in [2.45, 2.75) is 25.5 Å². The van der Waals surface area contributed by atoms with Gasteiger partial charge in [0.05, 0.1) is 12.1 Å². The largest absolute Gasteiger partial charge is 0.384 e. The van der Waals surface area contributed by atoms with Gasteiger partial charge in [-0.25, -0.2) is 9.97 Å². The van der Waals surface area contributed by atoms with Gasteiger partial charge in [-0.05, 0) is 13.3 Å². The van der Waals surface area contributed by atoms with E-state index >= 15 is 0 Å². The van der Waals surface area contributed by atoms with Gasteiger partial charge in [0.2, 0.25) is 0 Å². The van der Waals surface area contributed by atoms with E-state index in [2.05, 4.69) is 21.8 Å². The van der Waals surface area contributed by atoms with E-state index in [1.165, 1.54) is 6.33 Å². The molecule has 82 valence electrons. The average molecular weight is 208 g/mol. The summed E-state index contributed by atoms with van der Waals surface area (Å²) in [6.45, 7) is 2.90. The first-order chi connectivity index (χ1) is 7.18. The number of hydrogen-bond acceptors (Lipinski definition) is 5. The lowest BCUT2D eigenvalue weighted by atomic mass is 10.1. The van der Waals surface area contributed by atoms with E-state index in [9.17, 15) is 0 Å². The second-order valence-electron chi connectivity index (χ2n) is 3.84. The first kappa shape index (κ1) is 10.2. The lowest BCUT2D eigenvalue weighted by molar-refractivity contribution is 0.118. The van der Waals surface area contributed by atoms with Crippen LogP contribution in [0.15, 0.2) is 12.4 Å². The predicted molar refractivity (Wildman–Crippen MR) is 58.7 cm³/mol. The van der Waals surface area contributed by atoms with Crippen LogP contribution in [0.3, 0.4) is 0 Å². The number of nitrogens with two attached hydrogens (primary N) is 1. The minimum absolute atomic E-state index is 0.242. The Morgan fingerprint density at radius 2 is 2.33 bits per heavy atom. The van der Waals surface area contributed by atoms with Crippen LogP contribution in [-0.2, 0) is 4.74 Å². The van der Waals surface area contributed by atoms with Crippen LogP contribution in [0.1, 0.15) is 13.3 Å². The van der Waals surface area contributed by atoms with Gasteiger partial charge >= 0.3 is 0 Å². The number of aromatic nitrogens is 2. The molecule has 1 aromatic heterocycles. The molecule has 1 saturated heterocycles. The summed E-state index contributed by atoms with van der Waals surface area (Å²) in [5.74, 6) is 1.35. The molecule has 1 aliphatic heterocycles. The summed E-state index contributed by atoms with van der Waals surface area (Å²) in [5, 5.41) is 0. The zero-order chi connectivity index (χ0) is 10.8. The van der Waals surface area contributed by atoms with E-state index in [0.29, 0.717) is 11.9 Å². The highest BCUT2D eigenvalue weighted by Gasteiger charge is 2.28. The van der Waals surface area contributed by atoms with Crippen molar-refractivity contribution >= 4 is 11.6 Å². The maximum absolute atomic E-state index is 5.62. The van der Waals surface area contributed by atoms with Gasteiger partial charge in [-0.3, -0.25) is 0 Å². The van der Waals surface area contributed by atoms with Crippen LogP contribution in [0.4, 0.5) is 11.6 Å². The third-order valence-corrected chi connectivity index (χ3v) is 2.87. The van der Waals surface area contributed by atoms with Crippen LogP contribution >= 0.6 is 0 Å². The summed E-state index contributed by atoms with van der Waals surface area (Å²) in [6.07, 6.45) is 2.76. The van der Waals surface area contributed by atoms with Crippen molar-refractivity contribution in [2.75, 3.05) is 24.3 Å². The van der Waals surface area contributed by atoms with Gasteiger partial charge in [-0.2, -0.15) is 0 Å². The van der Waals surface area contributed by atoms with Gasteiger partial charge < -0.3 is 15.4 Å². The second-order valence-corrected chi connectivity index (χ2v) is 3.84. The first-order valence-corrected chi connectivity index (χ1v) is 5.10. The molecule has 5 nitrogen and oxygen atoms in total. The number of nitrogen functional groups attached to an aromatic ring is 1. The number of anilines is 2. The quantitative estimate of drug-likeness (QED) is 0.774. The molecule has 0 saturated carbocycles. The number of rotatable bonds is 2. The van der Waals surface area contributed by atoms with Crippen molar-refractivity contribution in [3.8, 4) is 0 Å². The molecule has 0 bridgehead atoms. The lowest BCUT2D eigenvalue weighted by Crippen LogP contribution is -2.37. The average Bonchev–Trinajstić information content (AvgIpc) is 2.63. The van der Waals surface area contributed by atoms with E-state index in [4.69, 9.17) is 10.5 Å². The fourth-order valence-electron chi connectivity index (χ4n) is 1.95. The SMILES string of the molecule is CC1OCCC1N(C)c1cc(N)ncn1. The Kier molecular flexibility index (Phi) is 2.73. The Labute approximate surface area is 89.3 Å². The zero-order valence-corrected chi connectivity index (χ0v) is 9.05. The second kappa shape index (κ2) is 4.02. The smallest absolute Gasteiger partial charge is 0.134 e. The van der Waals surface area contributed by atoms with Gasteiger partial charge in [-0.1, -0.05) is 0 Å². The molecular weight excluding hydrogens is 192 g/mol. The fraction of sp³-hybridized carbons (Fsp3) is 0.600. The number of likely N-dealkylation sites (N-methyl/N-ethyl adjacent to an activating group) is 1. The van der Waals surface area contributed by atoms with Gasteiger partial charge in [0.15, 0.2) is 0 Å². The summed E-state index contributed by atoms with van der Waals surface area (Å²) in [4.78, 5) is 10.2. The molecule has 0 radical (unpaired) electrons. The molecule has 2 heterocycles. The summed E-state index contributed by atoms with van der Waals surface area (Å²) < 4.78 is 5.52. The Hall–Kier alpha value is -1.36. The summed E-state index contributed by atoms with van der Waals surface area (Å²) in [6, 6.07) is 2.16. The molecule has 5 heteroatoms. The minimum Gasteiger partial charge on any atom is -0.384 e. The van der Waals surface area contributed by atoms with Crippen molar-refractivity contribution in [3.63, 3.8) is 0 Å².